The van der Waals surface area contributed by atoms with Crippen molar-refractivity contribution in [3.05, 3.63) is 36.4 Å². The van der Waals surface area contributed by atoms with Crippen molar-refractivity contribution in [3.8, 4) is 0 Å². The Kier molecular flexibility index (Phi) is 20.3. The van der Waals surface area contributed by atoms with Gasteiger partial charge >= 0.3 is 23.9 Å². The fraction of sp³-hybridized carbons (Fsp3) is 0.528. The van der Waals surface area contributed by atoms with Crippen molar-refractivity contribution in [3.63, 3.8) is 0 Å². The number of nitrogens with two attached hydrogens (primary N) is 4. The minimum atomic E-state index is -1.39. The van der Waals surface area contributed by atoms with Crippen LogP contribution in [-0.2, 0) is 43.2 Å². The predicted molar refractivity (Wildman–Crippen MR) is 224 cm³/mol. The molecule has 1 aliphatic carbocycles. The van der Waals surface area contributed by atoms with Crippen LogP contribution in [0.2, 0.25) is 0 Å². The average molecular weight is 923 g/mol. The Hall–Kier alpha value is -6.19. The maximum absolute atomic E-state index is 14.9. The summed E-state index contributed by atoms with van der Waals surface area (Å²) >= 11 is 2.03. The van der Waals surface area contributed by atoms with Crippen molar-refractivity contribution in [2.45, 2.75) is 79.6 Å². The van der Waals surface area contributed by atoms with Crippen molar-refractivity contribution < 1.29 is 63.6 Å². The van der Waals surface area contributed by atoms with Gasteiger partial charge in [-0.25, -0.2) is 19.9 Å². The molecule has 8 atom stereocenters. The van der Waals surface area contributed by atoms with E-state index < -0.39 is 107 Å². The van der Waals surface area contributed by atoms with E-state index in [2.05, 4.69) is 41.2 Å². The number of ketones is 1. The minimum absolute atomic E-state index is 0.0894. The van der Waals surface area contributed by atoms with Crippen LogP contribution in [0.4, 0.5) is 11.4 Å². The van der Waals surface area contributed by atoms with Crippen molar-refractivity contribution in [2.75, 3.05) is 36.1 Å². The van der Waals surface area contributed by atoms with Crippen LogP contribution in [0, 0.1) is 11.8 Å². The SMILES string of the molecule is Nc1cnc(C(SCC(NC(=O)CCC(N)C(=O)O)C(=O)NCC(=O)O)C2CCCC(C(SCC(NC(=O)CCC(N)C(=O)O)C(=O)NCC(=O)O)c3ncncc3N)C2=O)nc1. The summed E-state index contributed by atoms with van der Waals surface area (Å²) in [5, 5.41) is 44.2. The highest BCUT2D eigenvalue weighted by Gasteiger charge is 2.44. The maximum Gasteiger partial charge on any atom is 0.322 e. The van der Waals surface area contributed by atoms with E-state index >= 15 is 0 Å². The Morgan fingerprint density at radius 3 is 1.60 bits per heavy atom. The van der Waals surface area contributed by atoms with Gasteiger partial charge in [0.1, 0.15) is 55.2 Å². The van der Waals surface area contributed by atoms with Gasteiger partial charge in [0.25, 0.3) is 0 Å². The summed E-state index contributed by atoms with van der Waals surface area (Å²) in [6, 6.07) is -5.52. The first-order valence-electron chi connectivity index (χ1n) is 19.2. The lowest BCUT2D eigenvalue weighted by Gasteiger charge is -2.36. The standard InChI is InChI=1S/C36H50N12O13S2/c37-16-8-42-32(43-9-16)31(63-14-23(34(57)45-12-27(53)54)48-25(50)7-5-20(39)36(60)61)18-3-1-2-17(29(18)55)30(28-21(40)10-41-15-46-28)62-13-22(33(56)44-11-26(51)52)47-24(49)6-4-19(38)35(58)59/h8-10,15,17-20,22-23,30-31H,1-7,11-14,37-40H2,(H,44,56)(H,45,57)(H,47,49)(H,48,50)(H,51,52)(H,53,54)(H,58,59)(H,60,61). The highest BCUT2D eigenvalue weighted by Crippen LogP contribution is 2.48. The second-order valence-corrected chi connectivity index (χ2v) is 16.6. The molecule has 0 saturated heterocycles. The molecule has 63 heavy (non-hydrogen) atoms. The Bertz CT molecular complexity index is 1980. The third kappa shape index (κ3) is 16.6. The molecule has 2 heterocycles. The first kappa shape index (κ1) is 51.2. The molecule has 2 aromatic rings. The molecule has 1 fully saturated rings. The monoisotopic (exact) mass is 922 g/mol. The number of hydrogen-bond donors (Lipinski definition) is 12. The summed E-state index contributed by atoms with van der Waals surface area (Å²) < 4.78 is 0. The molecule has 1 saturated carbocycles. The van der Waals surface area contributed by atoms with Gasteiger partial charge in [-0.15, -0.1) is 23.5 Å². The molecule has 3 rings (SSSR count). The molecular weight excluding hydrogens is 873 g/mol. The second-order valence-electron chi connectivity index (χ2n) is 14.2. The molecule has 25 nitrogen and oxygen atoms in total. The number of hydrogen-bond acceptors (Lipinski definition) is 19. The molecule has 16 N–H and O–H groups in total. The summed E-state index contributed by atoms with van der Waals surface area (Å²) in [6.07, 6.45) is 4.81. The molecule has 0 aliphatic heterocycles. The summed E-state index contributed by atoms with van der Waals surface area (Å²) in [4.78, 5) is 129. The second kappa shape index (κ2) is 25.1. The topological polar surface area (TPSA) is 438 Å². The third-order valence-electron chi connectivity index (χ3n) is 9.50. The van der Waals surface area contributed by atoms with Crippen LogP contribution in [0.25, 0.3) is 0 Å². The maximum atomic E-state index is 14.9. The molecule has 8 unspecified atom stereocenters. The normalized spacial score (nSPS) is 17.7. The number of carbonyl (C=O) groups is 9. The lowest BCUT2D eigenvalue weighted by molar-refractivity contribution is -0.140. The first-order valence-corrected chi connectivity index (χ1v) is 21.3. The molecule has 2 aromatic heterocycles. The summed E-state index contributed by atoms with van der Waals surface area (Å²) in [5.74, 6) is -11.2. The zero-order valence-corrected chi connectivity index (χ0v) is 35.2. The van der Waals surface area contributed by atoms with E-state index in [0.717, 1.165) is 23.5 Å². The van der Waals surface area contributed by atoms with Gasteiger partial charge in [0.05, 0.1) is 46.2 Å². The number of thioether (sulfide) groups is 2. The number of rotatable bonds is 26. The molecule has 4 amide bonds. The number of anilines is 2. The van der Waals surface area contributed by atoms with Gasteiger partial charge in [-0.05, 0) is 25.7 Å². The largest absolute Gasteiger partial charge is 0.480 e. The smallest absolute Gasteiger partial charge is 0.322 e. The lowest BCUT2D eigenvalue weighted by atomic mass is 9.76. The number of aromatic nitrogens is 4. The Labute approximate surface area is 367 Å². The van der Waals surface area contributed by atoms with Gasteiger partial charge in [0.15, 0.2) is 0 Å². The number of nitrogens with zero attached hydrogens (tertiary/aromatic N) is 4. The Morgan fingerprint density at radius 1 is 0.698 bits per heavy atom. The van der Waals surface area contributed by atoms with Crippen LogP contribution < -0.4 is 44.2 Å². The number of nitrogen functional groups attached to an aromatic ring is 2. The molecule has 0 bridgehead atoms. The van der Waals surface area contributed by atoms with Crippen LogP contribution >= 0.6 is 23.5 Å². The molecule has 0 radical (unpaired) electrons. The quantitative estimate of drug-likeness (QED) is 0.0461. The molecule has 0 spiro atoms. The molecular formula is C36H50N12O13S2. The van der Waals surface area contributed by atoms with E-state index in [1.165, 1.54) is 24.9 Å². The van der Waals surface area contributed by atoms with Crippen molar-refractivity contribution >= 4 is 88.2 Å². The Balaban J connectivity index is 1.98. The van der Waals surface area contributed by atoms with Gasteiger partial charge in [-0.1, -0.05) is 6.42 Å². The number of Topliss-reactive ketones (excluding diaryl/α,β-unsaturated/α-hetero) is 1. The number of carboxylic acids is 4. The fourth-order valence-electron chi connectivity index (χ4n) is 6.25. The highest BCUT2D eigenvalue weighted by molar-refractivity contribution is 7.99. The summed E-state index contributed by atoms with van der Waals surface area (Å²) in [5.41, 5.74) is 23.8. The fourth-order valence-corrected chi connectivity index (χ4v) is 9.15. The van der Waals surface area contributed by atoms with Crippen molar-refractivity contribution in [2.24, 2.45) is 23.3 Å². The van der Waals surface area contributed by atoms with Gasteiger partial charge in [-0.2, -0.15) is 0 Å². The average Bonchev–Trinajstić information content (AvgIpc) is 3.23. The molecule has 27 heteroatoms. The van der Waals surface area contributed by atoms with Crippen molar-refractivity contribution in [1.82, 2.24) is 41.2 Å². The van der Waals surface area contributed by atoms with E-state index in [1.54, 1.807) is 0 Å². The van der Waals surface area contributed by atoms with E-state index in [-0.39, 0.29) is 78.7 Å². The van der Waals surface area contributed by atoms with Gasteiger partial charge in [0, 0.05) is 36.2 Å². The summed E-state index contributed by atoms with van der Waals surface area (Å²) in [6.45, 7) is -1.58. The minimum Gasteiger partial charge on any atom is -0.480 e. The van der Waals surface area contributed by atoms with Crippen LogP contribution in [0.3, 0.4) is 0 Å². The van der Waals surface area contributed by atoms with E-state index in [9.17, 15) is 53.4 Å². The van der Waals surface area contributed by atoms with Crippen LogP contribution in [-0.4, -0.2) is 142 Å². The van der Waals surface area contributed by atoms with E-state index in [0.29, 0.717) is 6.42 Å². The number of aliphatic carboxylic acids is 4. The molecule has 1 aliphatic rings. The third-order valence-corrected chi connectivity index (χ3v) is 12.4. The van der Waals surface area contributed by atoms with Crippen molar-refractivity contribution in [1.29, 1.82) is 0 Å². The van der Waals surface area contributed by atoms with Gasteiger partial charge in [-0.3, -0.25) is 43.2 Å². The molecule has 344 valence electrons. The Morgan fingerprint density at radius 2 is 1.16 bits per heavy atom. The van der Waals surface area contributed by atoms with Crippen LogP contribution in [0.15, 0.2) is 24.9 Å². The lowest BCUT2D eigenvalue weighted by Crippen LogP contribution is -2.50. The number of carbonyl (C=O) groups excluding carboxylic acids is 5. The first-order chi connectivity index (χ1) is 29.8. The number of nitrogens with one attached hydrogen (secondary N) is 4. The van der Waals surface area contributed by atoms with Gasteiger partial charge in [0.2, 0.25) is 23.6 Å². The zero-order valence-electron chi connectivity index (χ0n) is 33.6. The number of carboxylic acid groups (broad SMARTS) is 4. The number of amides is 4. The highest BCUT2D eigenvalue weighted by atomic mass is 32.2. The van der Waals surface area contributed by atoms with Crippen LogP contribution in [0.5, 0.6) is 0 Å². The van der Waals surface area contributed by atoms with E-state index in [1.807, 2.05) is 0 Å². The van der Waals surface area contributed by atoms with E-state index in [4.69, 9.17) is 33.1 Å². The zero-order chi connectivity index (χ0) is 46.8. The van der Waals surface area contributed by atoms with Gasteiger partial charge < -0.3 is 64.6 Å². The predicted octanol–water partition coefficient (Wildman–Crippen LogP) is -2.58. The van der Waals surface area contributed by atoms with Crippen LogP contribution in [0.1, 0.15) is 67.0 Å². The molecule has 0 aromatic carbocycles. The summed E-state index contributed by atoms with van der Waals surface area (Å²) in [7, 11) is 0.